The molecule has 138 valence electrons. The van der Waals surface area contributed by atoms with Crippen LogP contribution in [-0.2, 0) is 0 Å². The van der Waals surface area contributed by atoms with E-state index in [1.807, 2.05) is 6.08 Å². The van der Waals surface area contributed by atoms with E-state index in [-0.39, 0.29) is 24.0 Å². The summed E-state index contributed by atoms with van der Waals surface area (Å²) >= 11 is 0. The van der Waals surface area contributed by atoms with Gasteiger partial charge in [0.15, 0.2) is 0 Å². The van der Waals surface area contributed by atoms with E-state index in [0.717, 1.165) is 18.8 Å². The molecule has 0 unspecified atom stereocenters. The molecule has 0 amide bonds. The fourth-order valence-corrected chi connectivity index (χ4v) is 7.71. The number of aliphatic hydroxyl groups is 2. The quantitative estimate of drug-likeness (QED) is 0.728. The van der Waals surface area contributed by atoms with Crippen LogP contribution in [0.5, 0.6) is 0 Å². The molecular formula is C22H38O2. The zero-order valence-electron chi connectivity index (χ0n) is 16.2. The van der Waals surface area contributed by atoms with Crippen LogP contribution in [0.2, 0.25) is 0 Å². The minimum atomic E-state index is -0.362. The molecule has 2 N–H and O–H groups in total. The van der Waals surface area contributed by atoms with Crippen molar-refractivity contribution >= 4 is 0 Å². The molecule has 0 aromatic heterocycles. The van der Waals surface area contributed by atoms with Crippen LogP contribution in [0.3, 0.4) is 0 Å². The van der Waals surface area contributed by atoms with E-state index >= 15 is 0 Å². The van der Waals surface area contributed by atoms with Gasteiger partial charge in [-0.05, 0) is 72.5 Å². The van der Waals surface area contributed by atoms with Crippen LogP contribution in [0.25, 0.3) is 0 Å². The van der Waals surface area contributed by atoms with Crippen LogP contribution in [0.4, 0.5) is 0 Å². The number of rotatable bonds is 3. The number of aliphatic hydroxyl groups excluding tert-OH is 2. The maximum absolute atomic E-state index is 10.9. The van der Waals surface area contributed by atoms with Crippen molar-refractivity contribution in [3.63, 3.8) is 0 Å². The van der Waals surface area contributed by atoms with E-state index in [1.54, 1.807) is 0 Å². The molecule has 2 nitrogen and oxygen atoms in total. The van der Waals surface area contributed by atoms with Crippen LogP contribution < -0.4 is 0 Å². The first-order valence-corrected chi connectivity index (χ1v) is 10.1. The van der Waals surface area contributed by atoms with E-state index < -0.39 is 0 Å². The van der Waals surface area contributed by atoms with Gasteiger partial charge in [0, 0.05) is 12.5 Å². The summed E-state index contributed by atoms with van der Waals surface area (Å²) in [7, 11) is 0. The van der Waals surface area contributed by atoms with Crippen molar-refractivity contribution in [3.05, 3.63) is 12.7 Å². The standard InChI is InChI=1S/C22H38O2/c1-6-8-16-15(14-23)17(24)13-19-21(16,4)12-9-18-20(2,3)10-7-11-22(18,19)5/h6,15-19,23-24H,1,7-14H2,2-5H3/t15-,16-,17+,18+,19+,21+,22+/m1/s1. The van der Waals surface area contributed by atoms with Gasteiger partial charge in [-0.2, -0.15) is 0 Å². The molecule has 0 aromatic carbocycles. The SMILES string of the molecule is C=CC[C@@H]1[C@@H](CO)[C@@H](O)C[C@H]2[C@@]1(C)CC[C@H]1C(C)(C)CCC[C@]21C. The summed E-state index contributed by atoms with van der Waals surface area (Å²) in [5.41, 5.74) is 0.968. The van der Waals surface area contributed by atoms with Gasteiger partial charge in [0.05, 0.1) is 6.10 Å². The van der Waals surface area contributed by atoms with E-state index in [1.165, 1.54) is 32.1 Å². The number of hydrogen-bond donors (Lipinski definition) is 2. The summed E-state index contributed by atoms with van der Waals surface area (Å²) in [6.07, 6.45) is 9.94. The average Bonchev–Trinajstić information content (AvgIpc) is 2.49. The highest BCUT2D eigenvalue weighted by atomic mass is 16.3. The molecule has 3 aliphatic rings. The maximum Gasteiger partial charge on any atom is 0.0596 e. The highest BCUT2D eigenvalue weighted by Gasteiger charge is 2.63. The van der Waals surface area contributed by atoms with Crippen molar-refractivity contribution in [1.82, 2.24) is 0 Å². The lowest BCUT2D eigenvalue weighted by Crippen LogP contribution is -2.62. The lowest BCUT2D eigenvalue weighted by molar-refractivity contribution is -0.202. The zero-order valence-corrected chi connectivity index (χ0v) is 16.2. The van der Waals surface area contributed by atoms with Crippen LogP contribution >= 0.6 is 0 Å². The first kappa shape index (κ1) is 18.5. The van der Waals surface area contributed by atoms with E-state index in [0.29, 0.717) is 22.7 Å². The normalized spacial score (nSPS) is 50.7. The summed E-state index contributed by atoms with van der Waals surface area (Å²) in [5, 5.41) is 20.8. The van der Waals surface area contributed by atoms with Gasteiger partial charge >= 0.3 is 0 Å². The molecule has 0 aliphatic heterocycles. The molecule has 0 bridgehead atoms. The van der Waals surface area contributed by atoms with Crippen molar-refractivity contribution in [2.75, 3.05) is 6.61 Å². The van der Waals surface area contributed by atoms with Gasteiger partial charge in [0.2, 0.25) is 0 Å². The second-order valence-electron chi connectivity index (χ2n) is 10.3. The highest BCUT2D eigenvalue weighted by molar-refractivity contribution is 5.12. The third-order valence-corrected chi connectivity index (χ3v) is 8.81. The van der Waals surface area contributed by atoms with Gasteiger partial charge in [-0.25, -0.2) is 0 Å². The molecule has 2 heteroatoms. The predicted octanol–water partition coefficient (Wildman–Crippen LogP) is 4.80. The molecule has 0 spiro atoms. The van der Waals surface area contributed by atoms with E-state index in [2.05, 4.69) is 34.3 Å². The first-order chi connectivity index (χ1) is 11.2. The Hall–Kier alpha value is -0.340. The smallest absolute Gasteiger partial charge is 0.0596 e. The molecule has 3 fully saturated rings. The van der Waals surface area contributed by atoms with Crippen LogP contribution in [0, 0.1) is 39.9 Å². The van der Waals surface area contributed by atoms with E-state index in [9.17, 15) is 10.2 Å². The summed E-state index contributed by atoms with van der Waals surface area (Å²) in [4.78, 5) is 0. The Morgan fingerprint density at radius 1 is 1.04 bits per heavy atom. The van der Waals surface area contributed by atoms with Crippen LogP contribution in [-0.4, -0.2) is 22.9 Å². The Morgan fingerprint density at radius 3 is 2.38 bits per heavy atom. The van der Waals surface area contributed by atoms with Crippen molar-refractivity contribution in [2.45, 2.75) is 78.7 Å². The number of allylic oxidation sites excluding steroid dienone is 1. The Balaban J connectivity index is 2.02. The van der Waals surface area contributed by atoms with Crippen molar-refractivity contribution in [2.24, 2.45) is 39.9 Å². The van der Waals surface area contributed by atoms with Crippen LogP contribution in [0.15, 0.2) is 12.7 Å². The summed E-state index contributed by atoms with van der Waals surface area (Å²) < 4.78 is 0. The monoisotopic (exact) mass is 334 g/mol. The molecule has 0 saturated heterocycles. The first-order valence-electron chi connectivity index (χ1n) is 10.1. The molecular weight excluding hydrogens is 296 g/mol. The van der Waals surface area contributed by atoms with Gasteiger partial charge in [-0.15, -0.1) is 6.58 Å². The molecule has 3 saturated carbocycles. The van der Waals surface area contributed by atoms with E-state index in [4.69, 9.17) is 0 Å². The maximum atomic E-state index is 10.9. The molecule has 3 rings (SSSR count). The Morgan fingerprint density at radius 2 is 1.75 bits per heavy atom. The third-order valence-electron chi connectivity index (χ3n) is 8.81. The lowest BCUT2D eigenvalue weighted by atomic mass is 9.38. The Bertz CT molecular complexity index is 484. The second kappa shape index (κ2) is 6.13. The van der Waals surface area contributed by atoms with Gasteiger partial charge in [-0.3, -0.25) is 0 Å². The molecule has 7 atom stereocenters. The summed E-state index contributed by atoms with van der Waals surface area (Å²) in [6.45, 7) is 14.0. The Kier molecular flexibility index (Phi) is 4.71. The summed E-state index contributed by atoms with van der Waals surface area (Å²) in [6, 6.07) is 0. The lowest BCUT2D eigenvalue weighted by Gasteiger charge is -2.67. The summed E-state index contributed by atoms with van der Waals surface area (Å²) in [5.74, 6) is 1.70. The fraction of sp³-hybridized carbons (Fsp3) is 0.909. The molecule has 0 heterocycles. The largest absolute Gasteiger partial charge is 0.396 e. The Labute approximate surface area is 148 Å². The second-order valence-corrected chi connectivity index (χ2v) is 10.3. The average molecular weight is 335 g/mol. The van der Waals surface area contributed by atoms with Gasteiger partial charge in [-0.1, -0.05) is 40.2 Å². The predicted molar refractivity (Wildman–Crippen MR) is 99.6 cm³/mol. The fourth-order valence-electron chi connectivity index (χ4n) is 7.71. The number of hydrogen-bond acceptors (Lipinski definition) is 2. The molecule has 0 radical (unpaired) electrons. The van der Waals surface area contributed by atoms with Gasteiger partial charge in [0.1, 0.15) is 0 Å². The molecule has 24 heavy (non-hydrogen) atoms. The van der Waals surface area contributed by atoms with Crippen LogP contribution in [0.1, 0.15) is 72.6 Å². The van der Waals surface area contributed by atoms with Crippen molar-refractivity contribution in [3.8, 4) is 0 Å². The van der Waals surface area contributed by atoms with Crippen molar-refractivity contribution < 1.29 is 10.2 Å². The van der Waals surface area contributed by atoms with Gasteiger partial charge < -0.3 is 10.2 Å². The van der Waals surface area contributed by atoms with Crippen molar-refractivity contribution in [1.29, 1.82) is 0 Å². The highest BCUT2D eigenvalue weighted by Crippen LogP contribution is 2.69. The van der Waals surface area contributed by atoms with Gasteiger partial charge in [0.25, 0.3) is 0 Å². The number of fused-ring (bicyclic) bond motifs is 3. The molecule has 3 aliphatic carbocycles. The minimum absolute atomic E-state index is 0.0148. The zero-order chi connectivity index (χ0) is 17.8. The molecule has 0 aromatic rings. The topological polar surface area (TPSA) is 40.5 Å². The minimum Gasteiger partial charge on any atom is -0.396 e. The third kappa shape index (κ3) is 2.51.